The van der Waals surface area contributed by atoms with Crippen LogP contribution in [0.3, 0.4) is 0 Å². The van der Waals surface area contributed by atoms with E-state index in [4.69, 9.17) is 11.6 Å². The second kappa shape index (κ2) is 8.86. The van der Waals surface area contributed by atoms with Crippen molar-refractivity contribution in [1.29, 1.82) is 5.26 Å². The summed E-state index contributed by atoms with van der Waals surface area (Å²) in [6, 6.07) is 7.61. The van der Waals surface area contributed by atoms with Crippen LogP contribution in [0.2, 0.25) is 5.02 Å². The Bertz CT molecular complexity index is 1100. The standard InChI is InChI=1S/C21H19ClN6OS/c1-30-21-24-8-13(9-25-21)11-28-12-16(10-26-28)20(29)27-18-4-15(5-18)19-6-17(22)3-2-14(19)7-23/h2-3,6,8-10,12,15,18H,4-5,11H2,1H3,(H,27,29)/t15-,18+. The highest BCUT2D eigenvalue weighted by Gasteiger charge is 2.33. The molecule has 152 valence electrons. The second-order valence-electron chi connectivity index (χ2n) is 7.19. The minimum absolute atomic E-state index is 0.0730. The summed E-state index contributed by atoms with van der Waals surface area (Å²) in [6.45, 7) is 0.499. The highest BCUT2D eigenvalue weighted by molar-refractivity contribution is 7.98. The van der Waals surface area contributed by atoms with E-state index in [1.165, 1.54) is 11.8 Å². The van der Waals surface area contributed by atoms with Gasteiger partial charge in [0.05, 0.1) is 29.9 Å². The Labute approximate surface area is 183 Å². The fourth-order valence-corrected chi connectivity index (χ4v) is 4.01. The number of nitrogens with one attached hydrogen (secondary N) is 1. The van der Waals surface area contributed by atoms with Crippen LogP contribution in [0.1, 0.15) is 45.8 Å². The normalized spacial score (nSPS) is 17.8. The third-order valence-corrected chi connectivity index (χ3v) is 5.96. The lowest BCUT2D eigenvalue weighted by Crippen LogP contribution is -2.43. The molecule has 1 fully saturated rings. The minimum Gasteiger partial charge on any atom is -0.349 e. The molecule has 1 N–H and O–H groups in total. The molecule has 2 heterocycles. The van der Waals surface area contributed by atoms with Crippen LogP contribution < -0.4 is 5.32 Å². The highest BCUT2D eigenvalue weighted by atomic mass is 35.5. The van der Waals surface area contributed by atoms with E-state index in [-0.39, 0.29) is 17.9 Å². The van der Waals surface area contributed by atoms with E-state index >= 15 is 0 Å². The van der Waals surface area contributed by atoms with Gasteiger partial charge >= 0.3 is 0 Å². The molecule has 1 aliphatic rings. The average molecular weight is 439 g/mol. The molecule has 3 aromatic rings. The zero-order valence-electron chi connectivity index (χ0n) is 16.2. The van der Waals surface area contributed by atoms with Crippen molar-refractivity contribution in [1.82, 2.24) is 25.1 Å². The van der Waals surface area contributed by atoms with Gasteiger partial charge < -0.3 is 5.32 Å². The van der Waals surface area contributed by atoms with E-state index in [1.54, 1.807) is 41.6 Å². The number of nitrogens with zero attached hydrogens (tertiary/aromatic N) is 5. The fourth-order valence-electron chi connectivity index (χ4n) is 3.52. The third-order valence-electron chi connectivity index (χ3n) is 5.15. The van der Waals surface area contributed by atoms with Gasteiger partial charge in [0.15, 0.2) is 5.16 Å². The van der Waals surface area contributed by atoms with Crippen molar-refractivity contribution in [2.45, 2.75) is 36.5 Å². The highest BCUT2D eigenvalue weighted by Crippen LogP contribution is 2.39. The molecule has 0 saturated heterocycles. The van der Waals surface area contributed by atoms with E-state index in [9.17, 15) is 10.1 Å². The zero-order valence-corrected chi connectivity index (χ0v) is 17.8. The Hall–Kier alpha value is -2.89. The molecule has 0 unspecified atom stereocenters. The van der Waals surface area contributed by atoms with Crippen molar-refractivity contribution >= 4 is 29.3 Å². The van der Waals surface area contributed by atoms with E-state index in [0.717, 1.165) is 29.1 Å². The summed E-state index contributed by atoms with van der Waals surface area (Å²) >= 11 is 7.56. The molecule has 1 saturated carbocycles. The summed E-state index contributed by atoms with van der Waals surface area (Å²) in [5.41, 5.74) is 3.03. The molecule has 7 nitrogen and oxygen atoms in total. The molecule has 1 amide bonds. The average Bonchev–Trinajstić information content (AvgIpc) is 3.19. The number of rotatable bonds is 6. The largest absolute Gasteiger partial charge is 0.349 e. The zero-order chi connectivity index (χ0) is 21.1. The van der Waals surface area contributed by atoms with Crippen molar-refractivity contribution in [3.8, 4) is 6.07 Å². The lowest BCUT2D eigenvalue weighted by atomic mass is 9.74. The first-order chi connectivity index (χ1) is 14.6. The Morgan fingerprint density at radius 2 is 2.10 bits per heavy atom. The number of nitriles is 1. The molecule has 30 heavy (non-hydrogen) atoms. The first-order valence-electron chi connectivity index (χ1n) is 9.43. The first kappa shape index (κ1) is 20.4. The number of halogens is 1. The maximum absolute atomic E-state index is 12.6. The number of carbonyl (C=O) groups excluding carboxylic acids is 1. The van der Waals surface area contributed by atoms with Gasteiger partial charge in [0, 0.05) is 35.2 Å². The van der Waals surface area contributed by atoms with Gasteiger partial charge in [-0.3, -0.25) is 9.48 Å². The number of thioether (sulfide) groups is 1. The maximum atomic E-state index is 12.6. The van der Waals surface area contributed by atoms with Crippen LogP contribution in [0.15, 0.2) is 48.1 Å². The van der Waals surface area contributed by atoms with Crippen LogP contribution in [0.5, 0.6) is 0 Å². The number of carbonyl (C=O) groups is 1. The van der Waals surface area contributed by atoms with E-state index in [1.807, 2.05) is 12.3 Å². The van der Waals surface area contributed by atoms with Crippen LogP contribution in [0, 0.1) is 11.3 Å². The summed E-state index contributed by atoms with van der Waals surface area (Å²) in [5, 5.41) is 17.9. The molecule has 0 spiro atoms. The molecule has 4 rings (SSSR count). The number of hydrogen-bond donors (Lipinski definition) is 1. The van der Waals surface area contributed by atoms with Crippen LogP contribution in [0.4, 0.5) is 0 Å². The van der Waals surface area contributed by atoms with Gasteiger partial charge in [0.25, 0.3) is 5.91 Å². The van der Waals surface area contributed by atoms with E-state index in [2.05, 4.69) is 26.5 Å². The number of benzene rings is 1. The topological polar surface area (TPSA) is 96.5 Å². The Morgan fingerprint density at radius 1 is 1.33 bits per heavy atom. The van der Waals surface area contributed by atoms with Crippen LogP contribution in [-0.4, -0.2) is 38.0 Å². The Balaban J connectivity index is 1.32. The van der Waals surface area contributed by atoms with Gasteiger partial charge in [-0.1, -0.05) is 23.4 Å². The van der Waals surface area contributed by atoms with Gasteiger partial charge in [-0.15, -0.1) is 0 Å². The first-order valence-corrected chi connectivity index (χ1v) is 11.0. The van der Waals surface area contributed by atoms with Crippen molar-refractivity contribution in [2.75, 3.05) is 6.26 Å². The van der Waals surface area contributed by atoms with Crippen LogP contribution in [0.25, 0.3) is 0 Å². The molecule has 0 radical (unpaired) electrons. The van der Waals surface area contributed by atoms with E-state index in [0.29, 0.717) is 22.7 Å². The summed E-state index contributed by atoms with van der Waals surface area (Å²) < 4.78 is 1.70. The Kier molecular flexibility index (Phi) is 6.02. The van der Waals surface area contributed by atoms with Gasteiger partial charge in [0.2, 0.25) is 0 Å². The molecule has 2 aromatic heterocycles. The smallest absolute Gasteiger partial charge is 0.254 e. The van der Waals surface area contributed by atoms with Crippen molar-refractivity contribution in [3.05, 3.63) is 70.3 Å². The molecule has 0 bridgehead atoms. The quantitative estimate of drug-likeness (QED) is 0.466. The van der Waals surface area contributed by atoms with Crippen molar-refractivity contribution < 1.29 is 4.79 Å². The van der Waals surface area contributed by atoms with Crippen LogP contribution in [-0.2, 0) is 6.54 Å². The molecular formula is C21H19ClN6OS. The molecule has 1 aliphatic carbocycles. The lowest BCUT2D eigenvalue weighted by Gasteiger charge is -2.36. The second-order valence-corrected chi connectivity index (χ2v) is 8.40. The lowest BCUT2D eigenvalue weighted by molar-refractivity contribution is 0.0909. The molecule has 9 heteroatoms. The van der Waals surface area contributed by atoms with Gasteiger partial charge in [-0.2, -0.15) is 10.4 Å². The molecular weight excluding hydrogens is 420 g/mol. The monoisotopic (exact) mass is 438 g/mol. The van der Waals surface area contributed by atoms with Crippen LogP contribution >= 0.6 is 23.4 Å². The van der Waals surface area contributed by atoms with Crippen molar-refractivity contribution in [2.24, 2.45) is 0 Å². The predicted octanol–water partition coefficient (Wildman–Crippen LogP) is 3.64. The number of aromatic nitrogens is 4. The van der Waals surface area contributed by atoms with Gasteiger partial charge in [-0.25, -0.2) is 9.97 Å². The number of amides is 1. The summed E-state index contributed by atoms with van der Waals surface area (Å²) in [7, 11) is 0. The molecule has 0 atom stereocenters. The molecule has 0 aliphatic heterocycles. The Morgan fingerprint density at radius 3 is 2.80 bits per heavy atom. The van der Waals surface area contributed by atoms with Gasteiger partial charge in [-0.05, 0) is 48.8 Å². The fraction of sp³-hybridized carbons (Fsp3) is 0.286. The third kappa shape index (κ3) is 4.48. The summed E-state index contributed by atoms with van der Waals surface area (Å²) in [6.07, 6.45) is 10.3. The van der Waals surface area contributed by atoms with E-state index < -0.39 is 0 Å². The predicted molar refractivity (Wildman–Crippen MR) is 115 cm³/mol. The van der Waals surface area contributed by atoms with Gasteiger partial charge in [0.1, 0.15) is 0 Å². The maximum Gasteiger partial charge on any atom is 0.254 e. The number of hydrogen-bond acceptors (Lipinski definition) is 6. The molecule has 1 aromatic carbocycles. The SMILES string of the molecule is CSc1ncc(Cn2cc(C(=O)N[C@H]3C[C@@H](c4cc(Cl)ccc4C#N)C3)cn2)cn1. The summed E-state index contributed by atoms with van der Waals surface area (Å²) in [4.78, 5) is 21.0. The summed E-state index contributed by atoms with van der Waals surface area (Å²) in [5.74, 6) is 0.0842. The van der Waals surface area contributed by atoms with Crippen molar-refractivity contribution in [3.63, 3.8) is 0 Å². The minimum atomic E-state index is -0.148.